The van der Waals surface area contributed by atoms with Gasteiger partial charge in [0.2, 0.25) is 0 Å². The number of cyclic esters (lactones) is 2. The van der Waals surface area contributed by atoms with Crippen LogP contribution < -0.4 is 0 Å². The number of aliphatic hydroxyl groups excluding tert-OH is 2. The van der Waals surface area contributed by atoms with Crippen LogP contribution in [0.3, 0.4) is 0 Å². The molecule has 529 valence electrons. The molecule has 0 saturated carbocycles. The second kappa shape index (κ2) is 40.0. The number of esters is 2. The third-order valence-electron chi connectivity index (χ3n) is 18.4. The van der Waals surface area contributed by atoms with Gasteiger partial charge in [-0.2, -0.15) is 0 Å². The summed E-state index contributed by atoms with van der Waals surface area (Å²) < 4.78 is 10.7. The van der Waals surface area contributed by atoms with Gasteiger partial charge in [-0.05, 0) is 201 Å². The zero-order chi connectivity index (χ0) is 74.7. The number of nitrogens with zero attached hydrogens (tertiary/aromatic N) is 3. The molecule has 10 aromatic rings. The van der Waals surface area contributed by atoms with Crippen molar-refractivity contribution in [1.29, 1.82) is 0 Å². The summed E-state index contributed by atoms with van der Waals surface area (Å²) in [5.41, 5.74) is 25.8. The van der Waals surface area contributed by atoms with Crippen molar-refractivity contribution in [3.05, 3.63) is 256 Å². The number of carbonyl (C=O) groups excluding carboxylic acids is 6. The van der Waals surface area contributed by atoms with Gasteiger partial charge in [-0.3, -0.25) is 19.2 Å². The van der Waals surface area contributed by atoms with Crippen molar-refractivity contribution in [1.82, 2.24) is 13.7 Å². The molecule has 7 aromatic carbocycles. The molecular formula is C83H98ClI2IrN3O9. The van der Waals surface area contributed by atoms with Crippen molar-refractivity contribution in [3.63, 3.8) is 0 Å². The van der Waals surface area contributed by atoms with Gasteiger partial charge in [-0.1, -0.05) is 145 Å². The molecule has 0 unspecified atom stereocenters. The molecule has 3 aromatic heterocycles. The molecule has 16 heteroatoms. The minimum Gasteiger partial charge on any atom is -0.507 e. The van der Waals surface area contributed by atoms with Crippen molar-refractivity contribution in [3.8, 4) is 0 Å². The fraction of sp³-hybridized carbons (Fsp3) is 0.301. The van der Waals surface area contributed by atoms with Gasteiger partial charge in [-0.15, -0.1) is 0 Å². The molecule has 99 heavy (non-hydrogen) atoms. The largest absolute Gasteiger partial charge is 0.507 e. The number of aromatic nitrogens is 3. The van der Waals surface area contributed by atoms with Crippen LogP contribution in [0.1, 0.15) is 206 Å². The minimum absolute atomic E-state index is 0. The second-order valence-corrected chi connectivity index (χ2v) is 23.5. The summed E-state index contributed by atoms with van der Waals surface area (Å²) in [6, 6.07) is 33.5. The smallest absolute Gasteiger partial charge is 0.346 e. The Labute approximate surface area is 629 Å². The molecule has 0 amide bonds. The van der Waals surface area contributed by atoms with E-state index in [0.717, 1.165) is 61.0 Å². The van der Waals surface area contributed by atoms with Crippen molar-refractivity contribution in [2.45, 2.75) is 152 Å². The molecule has 0 aliphatic carbocycles. The number of ether oxygens (including phenoxy) is 1. The number of hydrogen-bond donors (Lipinski definition) is 2. The van der Waals surface area contributed by atoms with Gasteiger partial charge in [0, 0.05) is 146 Å². The van der Waals surface area contributed by atoms with Crippen LogP contribution in [0.2, 0.25) is 0 Å². The summed E-state index contributed by atoms with van der Waals surface area (Å²) in [7, 11) is 6.04. The quantitative estimate of drug-likeness (QED) is 0.0286. The fourth-order valence-corrected chi connectivity index (χ4v) is 12.1. The number of allylic oxidation sites excluding steroid dienone is 2. The Morgan fingerprint density at radius 2 is 0.616 bits per heavy atom. The first-order valence-corrected chi connectivity index (χ1v) is 39.5. The molecule has 1 radical (unpaired) electrons. The first-order valence-electron chi connectivity index (χ1n) is 32.8. The van der Waals surface area contributed by atoms with Crippen LogP contribution in [0.15, 0.2) is 127 Å². The van der Waals surface area contributed by atoms with Gasteiger partial charge in [-0.25, -0.2) is 9.59 Å². The van der Waals surface area contributed by atoms with Gasteiger partial charge in [0.05, 0.1) is 38.8 Å². The number of benzene rings is 7. The summed E-state index contributed by atoms with van der Waals surface area (Å²) in [4.78, 5) is 70.2. The molecule has 1 aliphatic heterocycles. The number of Topliss-reactive ketones (excluding diaryl/α,β-unsaturated/α-hetero) is 1. The van der Waals surface area contributed by atoms with E-state index in [9.17, 15) is 39.0 Å². The van der Waals surface area contributed by atoms with E-state index in [1.54, 1.807) is 79.7 Å². The number of carbonyl (C=O) groups is 6. The predicted molar refractivity (Wildman–Crippen MR) is 427 cm³/mol. The summed E-state index contributed by atoms with van der Waals surface area (Å²) in [5, 5.41) is 23.5. The first kappa shape index (κ1) is 87.5. The predicted octanol–water partition coefficient (Wildman–Crippen LogP) is 22.8. The molecule has 1 aliphatic rings. The zero-order valence-corrected chi connectivity index (χ0v) is 69.7. The average Bonchev–Trinajstić information content (AvgIpc) is 1.61. The number of halogens is 3. The molecule has 12 nitrogen and oxygen atoms in total. The van der Waals surface area contributed by atoms with Crippen LogP contribution in [-0.4, -0.2) is 58.4 Å². The van der Waals surface area contributed by atoms with E-state index < -0.39 is 17.2 Å². The Bertz CT molecular complexity index is 4430. The van der Waals surface area contributed by atoms with Gasteiger partial charge in [0.15, 0.2) is 17.3 Å². The number of aryl methyl sites for hydroxylation is 9. The molecule has 0 saturated heterocycles. The number of ketones is 3. The van der Waals surface area contributed by atoms with Crippen LogP contribution in [-0.2, 0) is 46.0 Å². The van der Waals surface area contributed by atoms with Crippen LogP contribution in [0, 0.1) is 104 Å². The maximum atomic E-state index is 13.1. The normalized spacial score (nSPS) is 11.0. The molecule has 0 spiro atoms. The van der Waals surface area contributed by atoms with Gasteiger partial charge in [0.25, 0.3) is 5.24 Å². The van der Waals surface area contributed by atoms with Crippen LogP contribution in [0.25, 0.3) is 44.2 Å². The van der Waals surface area contributed by atoms with E-state index in [0.29, 0.717) is 38.9 Å². The van der Waals surface area contributed by atoms with E-state index in [1.165, 1.54) is 73.3 Å². The molecular weight excluding hydrogens is 1660 g/mol. The van der Waals surface area contributed by atoms with E-state index in [2.05, 4.69) is 139 Å². The molecule has 0 bridgehead atoms. The Morgan fingerprint density at radius 3 is 0.869 bits per heavy atom. The molecule has 4 heterocycles. The van der Waals surface area contributed by atoms with E-state index >= 15 is 0 Å². The van der Waals surface area contributed by atoms with Crippen LogP contribution in [0.4, 0.5) is 0 Å². The van der Waals surface area contributed by atoms with Gasteiger partial charge in [0.1, 0.15) is 11.5 Å². The number of hydrogen-bond acceptors (Lipinski definition) is 9. The van der Waals surface area contributed by atoms with E-state index in [-0.39, 0.29) is 49.0 Å². The van der Waals surface area contributed by atoms with Crippen molar-refractivity contribution >= 4 is 128 Å². The Hall–Kier alpha value is -7.54. The Balaban J connectivity index is 0.000000426. The third kappa shape index (κ3) is 19.3. The minimum atomic E-state index is -0.550. The van der Waals surface area contributed by atoms with Crippen molar-refractivity contribution in [2.24, 2.45) is 21.1 Å². The van der Waals surface area contributed by atoms with Gasteiger partial charge < -0.3 is 28.7 Å². The zero-order valence-electron chi connectivity index (χ0n) is 62.2. The summed E-state index contributed by atoms with van der Waals surface area (Å²) in [6.45, 7) is 45.0. The second-order valence-electron chi connectivity index (χ2n) is 23.2. The van der Waals surface area contributed by atoms with Crippen LogP contribution in [0.5, 0.6) is 0 Å². The SMILES string of the molecule is CC.CC.CC.CC(=O)c1c(C)n(C)c2c(C)c(C)c(C)c(C)c12.Cc1c(C)c(C)c2c(c1C)c(C(=O)/C=C(\O)c1ccccc1)c(C)n2C.Cc1c(C)c(C)c2c(c1C)c(C(=O)/C=C(\O)c1ccccc1)c(C)n2C.II.O=C(Cl)c1ccccc1.O=C1OC(=O)c2ccccc21.[Ir]. The summed E-state index contributed by atoms with van der Waals surface area (Å²) in [6.07, 6.45) is 2.67. The Kier molecular flexibility index (Phi) is 35.4. The summed E-state index contributed by atoms with van der Waals surface area (Å²) >= 11 is 9.40. The number of aliphatic hydroxyl groups is 2. The maximum Gasteiger partial charge on any atom is 0.346 e. The fourth-order valence-electron chi connectivity index (χ4n) is 12.0. The molecule has 0 atom stereocenters. The number of rotatable bonds is 8. The number of fused-ring (bicyclic) bond motifs is 4. The van der Waals surface area contributed by atoms with E-state index in [4.69, 9.17) is 11.6 Å². The topological polar surface area (TPSA) is 167 Å². The third-order valence-corrected chi connectivity index (χ3v) is 18.6. The summed E-state index contributed by atoms with van der Waals surface area (Å²) in [5.74, 6) is -1.30. The molecule has 0 fully saturated rings. The van der Waals surface area contributed by atoms with Gasteiger partial charge >= 0.3 is 11.9 Å². The average molecular weight is 1760 g/mol. The van der Waals surface area contributed by atoms with Crippen LogP contribution >= 0.6 is 48.8 Å². The standard InChI is InChI=1S/2C23H25NO2.C16H21NO.C8H4O3.C7H5ClO.3C2H6.I2.Ir/c2*1-13-14(2)16(4)23-21(15(13)3)22(17(5)24(23)6)20(26)12-19(25)18-10-8-7-9-11-18;1-8-9(2)11(4)16-14(10(8)3)15(13(6)18)12(5)17(16)7;9-7-5-3-1-2-4-6(5)8(10)11-7;8-7(9)6-4-2-1-3-5-6;4*1-2;/h2*7-12,25H,1-6H3;1-7H3;1-4H;1-5H;3*1-2H3;;/b2*19-12-;;;;;;;;. The first-order chi connectivity index (χ1) is 46.4. The maximum absolute atomic E-state index is 13.1. The Morgan fingerprint density at radius 1 is 0.384 bits per heavy atom. The molecule has 11 rings (SSSR count). The monoisotopic (exact) mass is 1760 g/mol. The van der Waals surface area contributed by atoms with E-state index in [1.807, 2.05) is 126 Å². The van der Waals surface area contributed by atoms with Crippen molar-refractivity contribution in [2.75, 3.05) is 0 Å². The molecule has 2 N–H and O–H groups in total. The van der Waals surface area contributed by atoms with Crippen molar-refractivity contribution < 1.29 is 63.8 Å².